The van der Waals surface area contributed by atoms with Crippen molar-refractivity contribution in [2.24, 2.45) is 14.1 Å². The average molecular weight is 429 g/mol. The number of aryl methyl sites for hydroxylation is 2. The Kier molecular flexibility index (Phi) is 5.80. The first-order valence-electron chi connectivity index (χ1n) is 9.93. The first-order chi connectivity index (χ1) is 15.4. The lowest BCUT2D eigenvalue weighted by atomic mass is 10.1. The van der Waals surface area contributed by atoms with E-state index >= 15 is 0 Å². The van der Waals surface area contributed by atoms with Gasteiger partial charge in [-0.05, 0) is 24.6 Å². The van der Waals surface area contributed by atoms with Crippen molar-refractivity contribution >= 4 is 22.4 Å². The number of hydrogen-bond acceptors (Lipinski definition) is 7. The fraction of sp³-hybridized carbons (Fsp3) is 0.174. The summed E-state index contributed by atoms with van der Waals surface area (Å²) >= 11 is 0. The number of hydrogen-bond donors (Lipinski definition) is 1. The number of aromatic nitrogens is 7. The van der Waals surface area contributed by atoms with Crippen LogP contribution in [0, 0.1) is 0 Å². The maximum Gasteiger partial charge on any atom is 0.227 e. The molecule has 0 amide bonds. The van der Waals surface area contributed by atoms with Crippen LogP contribution in [0.25, 0.3) is 27.7 Å². The molecule has 0 saturated carbocycles. The first kappa shape index (κ1) is 21.0. The third-order valence-corrected chi connectivity index (χ3v) is 4.93. The zero-order valence-electron chi connectivity index (χ0n) is 18.4. The molecule has 32 heavy (non-hydrogen) atoms. The van der Waals surface area contributed by atoms with E-state index < -0.39 is 0 Å². The molecule has 9 nitrogen and oxygen atoms in total. The maximum absolute atomic E-state index is 5.36. The van der Waals surface area contributed by atoms with Crippen molar-refractivity contribution in [1.82, 2.24) is 34.5 Å². The molecule has 0 atom stereocenters. The lowest BCUT2D eigenvalue weighted by molar-refractivity contribution is 0.303. The van der Waals surface area contributed by atoms with Gasteiger partial charge in [0.05, 0.1) is 30.9 Å². The van der Waals surface area contributed by atoms with Gasteiger partial charge in [-0.25, -0.2) is 9.97 Å². The Labute approximate surface area is 185 Å². The molecule has 0 aliphatic heterocycles. The van der Waals surface area contributed by atoms with E-state index in [0.29, 0.717) is 17.4 Å². The van der Waals surface area contributed by atoms with Crippen molar-refractivity contribution in [2.75, 3.05) is 12.4 Å². The minimum atomic E-state index is 0.410. The third-order valence-electron chi connectivity index (χ3n) is 4.93. The molecule has 0 aromatic carbocycles. The van der Waals surface area contributed by atoms with Crippen LogP contribution < -0.4 is 5.32 Å². The molecule has 0 saturated heterocycles. The normalized spacial score (nSPS) is 12.2. The average Bonchev–Trinajstić information content (AvgIpc) is 3.43. The van der Waals surface area contributed by atoms with Crippen LogP contribution in [0.5, 0.6) is 0 Å². The first-order valence-corrected chi connectivity index (χ1v) is 9.93. The lowest BCUT2D eigenvalue weighted by Crippen LogP contribution is -2.07. The van der Waals surface area contributed by atoms with Gasteiger partial charge in [-0.1, -0.05) is 12.7 Å². The highest BCUT2D eigenvalue weighted by Crippen LogP contribution is 2.25. The van der Waals surface area contributed by atoms with Crippen LogP contribution in [-0.4, -0.2) is 41.6 Å². The van der Waals surface area contributed by atoms with E-state index in [1.807, 2.05) is 57.8 Å². The van der Waals surface area contributed by atoms with Crippen LogP contribution in [0.4, 0.5) is 5.95 Å². The smallest absolute Gasteiger partial charge is 0.227 e. The summed E-state index contributed by atoms with van der Waals surface area (Å²) in [5.41, 5.74) is 5.06. The third kappa shape index (κ3) is 4.41. The Morgan fingerprint density at radius 3 is 2.53 bits per heavy atom. The zero-order chi connectivity index (χ0) is 22.7. The van der Waals surface area contributed by atoms with Gasteiger partial charge >= 0.3 is 0 Å². The molecule has 4 rings (SSSR count). The predicted octanol–water partition coefficient (Wildman–Crippen LogP) is 3.72. The molecule has 162 valence electrons. The van der Waals surface area contributed by atoms with Gasteiger partial charge in [0.25, 0.3) is 0 Å². The highest BCUT2D eigenvalue weighted by atomic mass is 16.5. The number of rotatable bonds is 7. The summed E-state index contributed by atoms with van der Waals surface area (Å²) in [5, 5.41) is 12.6. The number of ether oxygens (including phenoxy) is 1. The number of nitrogens with zero attached hydrogens (tertiary/aromatic N) is 7. The summed E-state index contributed by atoms with van der Waals surface area (Å²) in [6, 6.07) is 1.88. The van der Waals surface area contributed by atoms with E-state index in [0.717, 1.165) is 33.3 Å². The second-order valence-electron chi connectivity index (χ2n) is 7.28. The predicted molar refractivity (Wildman–Crippen MR) is 124 cm³/mol. The number of fused-ring (bicyclic) bond motifs is 1. The number of methoxy groups -OCH3 is 1. The second kappa shape index (κ2) is 8.84. The number of allylic oxidation sites excluding steroid dienone is 3. The molecule has 0 radical (unpaired) electrons. The number of pyridine rings is 1. The molecule has 0 spiro atoms. The summed E-state index contributed by atoms with van der Waals surface area (Å²) < 4.78 is 8.86. The molecule has 0 unspecified atom stereocenters. The fourth-order valence-corrected chi connectivity index (χ4v) is 3.14. The van der Waals surface area contributed by atoms with Crippen LogP contribution in [0.15, 0.2) is 73.4 Å². The molecule has 4 heterocycles. The molecule has 9 heteroatoms. The van der Waals surface area contributed by atoms with Crippen molar-refractivity contribution in [3.63, 3.8) is 0 Å². The monoisotopic (exact) mass is 428 g/mol. The van der Waals surface area contributed by atoms with E-state index in [9.17, 15) is 0 Å². The van der Waals surface area contributed by atoms with E-state index in [1.54, 1.807) is 35.1 Å². The Balaban J connectivity index is 1.69. The summed E-state index contributed by atoms with van der Waals surface area (Å²) in [7, 11) is 5.32. The van der Waals surface area contributed by atoms with Gasteiger partial charge in [-0.3, -0.25) is 14.3 Å². The van der Waals surface area contributed by atoms with Crippen molar-refractivity contribution in [1.29, 1.82) is 0 Å². The summed E-state index contributed by atoms with van der Waals surface area (Å²) in [5.74, 6) is 0.870. The number of anilines is 1. The van der Waals surface area contributed by atoms with Crippen molar-refractivity contribution in [2.45, 2.75) is 6.92 Å². The molecule has 0 fully saturated rings. The molecule has 0 bridgehead atoms. The van der Waals surface area contributed by atoms with Gasteiger partial charge < -0.3 is 10.1 Å². The van der Waals surface area contributed by atoms with E-state index in [4.69, 9.17) is 9.72 Å². The van der Waals surface area contributed by atoms with Gasteiger partial charge in [-0.2, -0.15) is 10.2 Å². The topological polar surface area (TPSA) is 95.6 Å². The van der Waals surface area contributed by atoms with Crippen LogP contribution >= 0.6 is 0 Å². The minimum Gasteiger partial charge on any atom is -0.495 e. The SMILES string of the molecule is C=C(OC)/C(=C\C=C(/C)c1cnn(C)c1)Nc1ncc2ccnc(-c3cnn(C)c3)c2n1. The van der Waals surface area contributed by atoms with E-state index in [-0.39, 0.29) is 0 Å². The van der Waals surface area contributed by atoms with Gasteiger partial charge in [0, 0.05) is 55.4 Å². The Morgan fingerprint density at radius 2 is 1.84 bits per heavy atom. The molecule has 4 aromatic rings. The molecule has 4 aromatic heterocycles. The zero-order valence-corrected chi connectivity index (χ0v) is 18.4. The number of nitrogens with one attached hydrogen (secondary N) is 1. The minimum absolute atomic E-state index is 0.410. The molecule has 1 N–H and O–H groups in total. The highest BCUT2D eigenvalue weighted by molar-refractivity contribution is 5.91. The van der Waals surface area contributed by atoms with Crippen molar-refractivity contribution in [3.05, 3.63) is 79.0 Å². The quantitative estimate of drug-likeness (QED) is 0.354. The van der Waals surface area contributed by atoms with Gasteiger partial charge in [0.2, 0.25) is 5.95 Å². The highest BCUT2D eigenvalue weighted by Gasteiger charge is 2.12. The van der Waals surface area contributed by atoms with Gasteiger partial charge in [-0.15, -0.1) is 0 Å². The largest absolute Gasteiger partial charge is 0.495 e. The molecular weight excluding hydrogens is 404 g/mol. The van der Waals surface area contributed by atoms with Crippen molar-refractivity contribution in [3.8, 4) is 11.3 Å². The second-order valence-corrected chi connectivity index (χ2v) is 7.28. The maximum atomic E-state index is 5.36. The summed E-state index contributed by atoms with van der Waals surface area (Å²) in [6.45, 7) is 5.99. The Hall–Kier alpha value is -4.27. The standard InChI is InChI=1S/C23H24N8O/c1-15(18-11-26-30(3)13-18)6-7-20(16(2)32-5)28-23-25-10-17-8-9-24-21(22(17)29-23)19-12-27-31(4)14-19/h6-14H,2H2,1,3-5H3,(H,25,28,29)/b15-6+,20-7+. The summed E-state index contributed by atoms with van der Waals surface area (Å²) in [4.78, 5) is 13.7. The summed E-state index contributed by atoms with van der Waals surface area (Å²) in [6.07, 6.45) is 14.8. The van der Waals surface area contributed by atoms with Crippen LogP contribution in [0.3, 0.4) is 0 Å². The molecular formula is C23H24N8O. The van der Waals surface area contributed by atoms with E-state index in [1.165, 1.54) is 0 Å². The lowest BCUT2D eigenvalue weighted by Gasteiger charge is -2.12. The fourth-order valence-electron chi connectivity index (χ4n) is 3.14. The van der Waals surface area contributed by atoms with Crippen LogP contribution in [0.1, 0.15) is 12.5 Å². The van der Waals surface area contributed by atoms with E-state index in [2.05, 4.69) is 32.1 Å². The van der Waals surface area contributed by atoms with Crippen LogP contribution in [-0.2, 0) is 18.8 Å². The van der Waals surface area contributed by atoms with Gasteiger partial charge in [0.1, 0.15) is 11.3 Å². The molecule has 0 aliphatic carbocycles. The van der Waals surface area contributed by atoms with Crippen LogP contribution in [0.2, 0.25) is 0 Å². The van der Waals surface area contributed by atoms with Crippen molar-refractivity contribution < 1.29 is 4.74 Å². The van der Waals surface area contributed by atoms with Gasteiger partial charge in [0.15, 0.2) is 0 Å². The Morgan fingerprint density at radius 1 is 1.06 bits per heavy atom. The Bertz CT molecular complexity index is 1350. The molecule has 0 aliphatic rings.